The minimum Gasteiger partial charge on any atom is -0.496 e. The lowest BCUT2D eigenvalue weighted by Gasteiger charge is -2.34. The molecule has 2 N–H and O–H groups in total. The number of methoxy groups -OCH3 is 1. The molecule has 1 aromatic carbocycles. The fourth-order valence-electron chi connectivity index (χ4n) is 2.84. The molecule has 104 valence electrons. The van der Waals surface area contributed by atoms with Crippen LogP contribution in [0, 0.1) is 0 Å². The number of para-hydroxylation sites is 1. The third kappa shape index (κ3) is 2.18. The normalized spacial score (nSPS) is 21.9. The van der Waals surface area contributed by atoms with E-state index in [1.54, 1.807) is 7.11 Å². The molecule has 2 aliphatic rings. The molecule has 4 nitrogen and oxygen atoms in total. The highest BCUT2D eigenvalue weighted by molar-refractivity contribution is 7.80. The van der Waals surface area contributed by atoms with Crippen LogP contribution in [0.5, 0.6) is 5.75 Å². The van der Waals surface area contributed by atoms with Gasteiger partial charge in [0.05, 0.1) is 13.2 Å². The lowest BCUT2D eigenvalue weighted by molar-refractivity contribution is -0.116. The summed E-state index contributed by atoms with van der Waals surface area (Å²) in [5.74, 6) is 0.949. The third-order valence-corrected chi connectivity index (χ3v) is 3.95. The first-order valence-corrected chi connectivity index (χ1v) is 7.08. The molecule has 0 spiro atoms. The van der Waals surface area contributed by atoms with Crippen LogP contribution in [0.3, 0.4) is 0 Å². The summed E-state index contributed by atoms with van der Waals surface area (Å²) in [6.45, 7) is 0. The van der Waals surface area contributed by atoms with Crippen molar-refractivity contribution in [2.75, 3.05) is 7.11 Å². The van der Waals surface area contributed by atoms with E-state index < -0.39 is 0 Å². The van der Waals surface area contributed by atoms with Gasteiger partial charge in [-0.15, -0.1) is 0 Å². The van der Waals surface area contributed by atoms with Crippen molar-refractivity contribution in [2.24, 2.45) is 0 Å². The van der Waals surface area contributed by atoms with E-state index in [0.717, 1.165) is 35.4 Å². The SMILES string of the molecule is COc1ccccc1C1NC(=S)NC2=C1C(=O)CCC2. The number of rotatable bonds is 2. The summed E-state index contributed by atoms with van der Waals surface area (Å²) in [6, 6.07) is 7.51. The molecular weight excluding hydrogens is 272 g/mol. The Morgan fingerprint density at radius 3 is 2.90 bits per heavy atom. The molecule has 20 heavy (non-hydrogen) atoms. The van der Waals surface area contributed by atoms with Crippen LogP contribution in [0.15, 0.2) is 35.5 Å². The van der Waals surface area contributed by atoms with Gasteiger partial charge in [-0.2, -0.15) is 0 Å². The molecule has 1 heterocycles. The number of hydrogen-bond donors (Lipinski definition) is 2. The largest absolute Gasteiger partial charge is 0.496 e. The predicted molar refractivity (Wildman–Crippen MR) is 80.5 cm³/mol. The summed E-state index contributed by atoms with van der Waals surface area (Å²) in [5, 5.41) is 6.89. The van der Waals surface area contributed by atoms with Gasteiger partial charge in [-0.3, -0.25) is 4.79 Å². The van der Waals surface area contributed by atoms with Crippen LogP contribution >= 0.6 is 12.2 Å². The van der Waals surface area contributed by atoms with E-state index in [-0.39, 0.29) is 11.8 Å². The molecule has 1 unspecified atom stereocenters. The number of ether oxygens (including phenoxy) is 1. The molecule has 1 atom stereocenters. The summed E-state index contributed by atoms with van der Waals surface area (Å²) >= 11 is 5.26. The highest BCUT2D eigenvalue weighted by atomic mass is 32.1. The summed E-state index contributed by atoms with van der Waals surface area (Å²) < 4.78 is 5.41. The summed E-state index contributed by atoms with van der Waals surface area (Å²) in [6.07, 6.45) is 2.35. The van der Waals surface area contributed by atoms with Gasteiger partial charge in [0.25, 0.3) is 0 Å². The molecule has 5 heteroatoms. The average Bonchev–Trinajstić information content (AvgIpc) is 2.46. The van der Waals surface area contributed by atoms with Crippen molar-refractivity contribution in [1.82, 2.24) is 10.6 Å². The summed E-state index contributed by atoms with van der Waals surface area (Å²) in [4.78, 5) is 12.3. The van der Waals surface area contributed by atoms with Crippen molar-refractivity contribution in [1.29, 1.82) is 0 Å². The predicted octanol–water partition coefficient (Wildman–Crippen LogP) is 2.22. The lowest BCUT2D eigenvalue weighted by atomic mass is 9.85. The Balaban J connectivity index is 2.11. The van der Waals surface area contributed by atoms with Crippen LogP contribution in [0.1, 0.15) is 30.9 Å². The monoisotopic (exact) mass is 288 g/mol. The van der Waals surface area contributed by atoms with Gasteiger partial charge in [0.2, 0.25) is 0 Å². The highest BCUT2D eigenvalue weighted by Crippen LogP contribution is 2.36. The first kappa shape index (κ1) is 13.1. The van der Waals surface area contributed by atoms with Crippen LogP contribution in [0.2, 0.25) is 0 Å². The maximum absolute atomic E-state index is 12.3. The quantitative estimate of drug-likeness (QED) is 0.817. The van der Waals surface area contributed by atoms with Crippen molar-refractivity contribution in [2.45, 2.75) is 25.3 Å². The van der Waals surface area contributed by atoms with Crippen LogP contribution in [-0.4, -0.2) is 18.0 Å². The Morgan fingerprint density at radius 2 is 2.10 bits per heavy atom. The Bertz CT molecular complexity index is 610. The minimum atomic E-state index is -0.220. The van der Waals surface area contributed by atoms with Gasteiger partial charge in [-0.05, 0) is 31.1 Å². The second-order valence-electron chi connectivity index (χ2n) is 4.94. The van der Waals surface area contributed by atoms with Gasteiger partial charge < -0.3 is 15.4 Å². The number of allylic oxidation sites excluding steroid dienone is 1. The molecule has 1 aliphatic heterocycles. The number of benzene rings is 1. The number of thiocarbonyl (C=S) groups is 1. The Labute approximate surface area is 123 Å². The van der Waals surface area contributed by atoms with Crippen LogP contribution in [0.25, 0.3) is 0 Å². The van der Waals surface area contributed by atoms with Gasteiger partial charge in [0.1, 0.15) is 5.75 Å². The number of nitrogens with one attached hydrogen (secondary N) is 2. The second-order valence-corrected chi connectivity index (χ2v) is 5.35. The van der Waals surface area contributed by atoms with E-state index in [0.29, 0.717) is 11.5 Å². The van der Waals surface area contributed by atoms with E-state index in [4.69, 9.17) is 17.0 Å². The molecule has 1 aromatic rings. The molecule has 0 bridgehead atoms. The first-order chi connectivity index (χ1) is 9.70. The first-order valence-electron chi connectivity index (χ1n) is 6.67. The van der Waals surface area contributed by atoms with E-state index in [1.165, 1.54) is 0 Å². The van der Waals surface area contributed by atoms with Crippen molar-refractivity contribution in [3.8, 4) is 5.75 Å². The van der Waals surface area contributed by atoms with Crippen LogP contribution < -0.4 is 15.4 Å². The Morgan fingerprint density at radius 1 is 1.30 bits per heavy atom. The van der Waals surface area contributed by atoms with Crippen molar-refractivity contribution >= 4 is 23.1 Å². The molecule has 1 aliphatic carbocycles. The number of Topliss-reactive ketones (excluding diaryl/α,β-unsaturated/α-hetero) is 1. The van der Waals surface area contributed by atoms with Gasteiger partial charge in [0.15, 0.2) is 10.9 Å². The van der Waals surface area contributed by atoms with Crippen molar-refractivity contribution < 1.29 is 9.53 Å². The van der Waals surface area contributed by atoms with Crippen molar-refractivity contribution in [3.63, 3.8) is 0 Å². The summed E-state index contributed by atoms with van der Waals surface area (Å²) in [5.41, 5.74) is 2.71. The van der Waals surface area contributed by atoms with Gasteiger partial charge in [-0.25, -0.2) is 0 Å². The topological polar surface area (TPSA) is 50.4 Å². The highest BCUT2D eigenvalue weighted by Gasteiger charge is 2.34. The summed E-state index contributed by atoms with van der Waals surface area (Å²) in [7, 11) is 1.64. The number of carbonyl (C=O) groups is 1. The van der Waals surface area contributed by atoms with E-state index in [9.17, 15) is 4.79 Å². The molecule has 3 rings (SSSR count). The van der Waals surface area contributed by atoms with E-state index >= 15 is 0 Å². The van der Waals surface area contributed by atoms with Gasteiger partial charge >= 0.3 is 0 Å². The zero-order valence-corrected chi connectivity index (χ0v) is 12.0. The zero-order valence-electron chi connectivity index (χ0n) is 11.2. The molecule has 0 radical (unpaired) electrons. The Kier molecular flexibility index (Phi) is 3.44. The van der Waals surface area contributed by atoms with E-state index in [1.807, 2.05) is 24.3 Å². The third-order valence-electron chi connectivity index (χ3n) is 3.73. The standard InChI is InChI=1S/C15H16N2O2S/c1-19-12-8-3-2-5-9(12)14-13-10(16-15(20)17-14)6-4-7-11(13)18/h2-3,5,8,14H,4,6-7H2,1H3,(H2,16,17,20). The van der Waals surface area contributed by atoms with Crippen LogP contribution in [0.4, 0.5) is 0 Å². The fourth-order valence-corrected chi connectivity index (χ4v) is 3.08. The zero-order chi connectivity index (χ0) is 14.1. The van der Waals surface area contributed by atoms with E-state index in [2.05, 4.69) is 10.6 Å². The average molecular weight is 288 g/mol. The molecule has 0 amide bonds. The fraction of sp³-hybridized carbons (Fsp3) is 0.333. The second kappa shape index (κ2) is 5.25. The molecule has 0 saturated carbocycles. The minimum absolute atomic E-state index is 0.185. The molecule has 0 fully saturated rings. The molecule has 0 aromatic heterocycles. The number of carbonyl (C=O) groups excluding carboxylic acids is 1. The Hall–Kier alpha value is -1.88. The number of hydrogen-bond acceptors (Lipinski definition) is 3. The molecule has 0 saturated heterocycles. The maximum atomic E-state index is 12.3. The smallest absolute Gasteiger partial charge is 0.171 e. The van der Waals surface area contributed by atoms with Gasteiger partial charge in [0, 0.05) is 23.3 Å². The number of ketones is 1. The van der Waals surface area contributed by atoms with Crippen LogP contribution in [-0.2, 0) is 4.79 Å². The van der Waals surface area contributed by atoms with Gasteiger partial charge in [-0.1, -0.05) is 18.2 Å². The molecular formula is C15H16N2O2S. The maximum Gasteiger partial charge on any atom is 0.171 e. The lowest BCUT2D eigenvalue weighted by Crippen LogP contribution is -2.46. The van der Waals surface area contributed by atoms with Crippen molar-refractivity contribution in [3.05, 3.63) is 41.1 Å².